The monoisotopic (exact) mass is 980 g/mol. The zero-order valence-corrected chi connectivity index (χ0v) is 41.1. The Morgan fingerprint density at radius 1 is 0.575 bits per heavy atom. The number of nitrogens with two attached hydrogens (primary N) is 1. The molecule has 18 heteroatoms. The van der Waals surface area contributed by atoms with Crippen molar-refractivity contribution in [1.82, 2.24) is 45.0 Å². The molecule has 0 radical (unpaired) electrons. The minimum absolute atomic E-state index is 0.0846. The van der Waals surface area contributed by atoms with Crippen LogP contribution in [0.2, 0.25) is 0 Å². The molecule has 374 valence electrons. The van der Waals surface area contributed by atoms with Gasteiger partial charge in [-0.15, -0.1) is 0 Å². The molecule has 0 atom stereocenters. The number of benzene rings is 2. The molecular weight excluding hydrogens is 921 g/mol. The molecule has 4 amide bonds. The lowest BCUT2D eigenvalue weighted by molar-refractivity contribution is -0.132. The summed E-state index contributed by atoms with van der Waals surface area (Å²) in [5, 5.41) is 11.1. The number of nitrogens with one attached hydrogen (secondary N) is 5. The van der Waals surface area contributed by atoms with E-state index in [0.717, 1.165) is 44.4 Å². The van der Waals surface area contributed by atoms with Crippen molar-refractivity contribution in [2.24, 2.45) is 5.73 Å². The van der Waals surface area contributed by atoms with Crippen LogP contribution >= 0.6 is 0 Å². The fourth-order valence-electron chi connectivity index (χ4n) is 9.32. The molecule has 2 aliphatic rings. The predicted molar refractivity (Wildman–Crippen MR) is 286 cm³/mol. The molecule has 0 spiro atoms. The van der Waals surface area contributed by atoms with Crippen molar-refractivity contribution in [2.45, 2.75) is 32.7 Å². The van der Waals surface area contributed by atoms with Crippen LogP contribution in [0.4, 0.5) is 22.7 Å². The zero-order valence-electron chi connectivity index (χ0n) is 41.1. The Bertz CT molecular complexity index is 3150. The van der Waals surface area contributed by atoms with Crippen LogP contribution in [0.1, 0.15) is 47.4 Å². The van der Waals surface area contributed by atoms with Crippen molar-refractivity contribution >= 4 is 68.4 Å². The molecule has 10 rings (SSSR count). The van der Waals surface area contributed by atoms with Crippen LogP contribution in [0.5, 0.6) is 0 Å². The van der Waals surface area contributed by atoms with Gasteiger partial charge in [0.05, 0.1) is 44.6 Å². The number of pyridine rings is 4. The Balaban J connectivity index is 0.000000180. The Morgan fingerprint density at radius 3 is 1.41 bits per heavy atom. The van der Waals surface area contributed by atoms with Gasteiger partial charge in [0.1, 0.15) is 11.3 Å². The summed E-state index contributed by atoms with van der Waals surface area (Å²) in [6.45, 7) is 10.4. The Kier molecular flexibility index (Phi) is 15.7. The number of piperazine rings is 2. The summed E-state index contributed by atoms with van der Waals surface area (Å²) >= 11 is 0. The number of amides is 4. The average molecular weight is 981 g/mol. The highest BCUT2D eigenvalue weighted by molar-refractivity contribution is 6.14. The van der Waals surface area contributed by atoms with E-state index in [-0.39, 0.29) is 23.6 Å². The van der Waals surface area contributed by atoms with Gasteiger partial charge >= 0.3 is 0 Å². The van der Waals surface area contributed by atoms with E-state index < -0.39 is 0 Å². The van der Waals surface area contributed by atoms with Crippen LogP contribution in [0.25, 0.3) is 44.3 Å². The highest BCUT2D eigenvalue weighted by Crippen LogP contribution is 2.42. The fraction of sp³-hybridized carbons (Fsp3) is 0.273. The largest absolute Gasteiger partial charge is 0.367 e. The summed E-state index contributed by atoms with van der Waals surface area (Å²) in [6.07, 6.45) is 14.5. The third-order valence-electron chi connectivity index (χ3n) is 13.0. The van der Waals surface area contributed by atoms with Gasteiger partial charge in [-0.2, -0.15) is 0 Å². The predicted octanol–water partition coefficient (Wildman–Crippen LogP) is 6.79. The van der Waals surface area contributed by atoms with E-state index in [1.54, 1.807) is 55.2 Å². The van der Waals surface area contributed by atoms with Crippen LogP contribution in [0.15, 0.2) is 135 Å². The smallest absolute Gasteiger partial charge is 0.257 e. The molecule has 0 bridgehead atoms. The van der Waals surface area contributed by atoms with Gasteiger partial charge in [-0.1, -0.05) is 74.5 Å². The summed E-state index contributed by atoms with van der Waals surface area (Å²) in [4.78, 5) is 83.3. The van der Waals surface area contributed by atoms with E-state index in [2.05, 4.69) is 81.6 Å². The van der Waals surface area contributed by atoms with Gasteiger partial charge in [0.15, 0.2) is 0 Å². The van der Waals surface area contributed by atoms with Gasteiger partial charge in [-0.05, 0) is 35.4 Å². The molecule has 2 fully saturated rings. The standard InChI is InChI=1S/C29H33N7O2.C26H27N7O2/c1-20(2)31-12-10-25(37)35-13-15-36(16-14-35)27-23(21-7-4-3-5-8-21)18-32-28-26(27)24(19-33-28)34-29(38)22-9-6-11-30-17-22;27-9-8-22(34)32-11-13-33(14-12-32)24-20(18-5-2-1-3-6-18)16-29-25-23(24)21(17-30-25)31-26(35)19-7-4-10-28-15-19/h3-9,11,17-20,31H,10,12-16H2,1-2H3,(H,32,33)(H,34,38);1-7,10,15-17H,8-9,11-14,27H2,(H,29,30)(H,31,35). The van der Waals surface area contributed by atoms with Crippen LogP contribution in [0, 0.1) is 0 Å². The lowest BCUT2D eigenvalue weighted by Gasteiger charge is -2.37. The number of fused-ring (bicyclic) bond motifs is 2. The minimum Gasteiger partial charge on any atom is -0.367 e. The molecule has 18 nitrogen and oxygen atoms in total. The zero-order chi connectivity index (χ0) is 50.7. The SMILES string of the molecule is CC(C)NCCC(=O)N1CCN(c2c(-c3ccccc3)cnc3[nH]cc(NC(=O)c4cccnc4)c23)CC1.NCCC(=O)N1CCN(c2c(-c3ccccc3)cnc3[nH]cc(NC(=O)c4cccnc4)c23)CC1. The Morgan fingerprint density at radius 2 is 1.01 bits per heavy atom. The number of hydrogen-bond acceptors (Lipinski definition) is 12. The second-order valence-corrected chi connectivity index (χ2v) is 18.1. The number of carbonyl (C=O) groups excluding carboxylic acids is 4. The first kappa shape index (κ1) is 49.5. The van der Waals surface area contributed by atoms with Crippen molar-refractivity contribution < 1.29 is 19.2 Å². The second kappa shape index (κ2) is 23.2. The lowest BCUT2D eigenvalue weighted by Crippen LogP contribution is -2.49. The number of anilines is 4. The highest BCUT2D eigenvalue weighted by atomic mass is 16.2. The molecule has 2 saturated heterocycles. The van der Waals surface area contributed by atoms with E-state index in [1.165, 1.54) is 6.20 Å². The Labute approximate surface area is 423 Å². The first-order valence-corrected chi connectivity index (χ1v) is 24.7. The fourth-order valence-corrected chi connectivity index (χ4v) is 9.32. The quantitative estimate of drug-likeness (QED) is 0.0663. The molecule has 0 saturated carbocycles. The van der Waals surface area contributed by atoms with Crippen molar-refractivity contribution in [3.05, 3.63) is 146 Å². The number of hydrogen-bond donors (Lipinski definition) is 6. The van der Waals surface area contributed by atoms with Gasteiger partial charge in [-0.3, -0.25) is 29.1 Å². The summed E-state index contributed by atoms with van der Waals surface area (Å²) in [5.74, 6) is -0.221. The molecule has 7 N–H and O–H groups in total. The molecule has 8 heterocycles. The van der Waals surface area contributed by atoms with E-state index >= 15 is 0 Å². The minimum atomic E-state index is -0.243. The van der Waals surface area contributed by atoms with Gasteiger partial charge in [0.2, 0.25) is 11.8 Å². The Hall–Kier alpha value is -8.48. The van der Waals surface area contributed by atoms with Crippen LogP contribution in [0.3, 0.4) is 0 Å². The van der Waals surface area contributed by atoms with E-state index in [1.807, 2.05) is 70.7 Å². The second-order valence-electron chi connectivity index (χ2n) is 18.1. The number of aromatic nitrogens is 6. The third kappa shape index (κ3) is 11.5. The van der Waals surface area contributed by atoms with Crippen LogP contribution in [-0.4, -0.2) is 135 Å². The number of H-pyrrole nitrogens is 2. The molecule has 0 aliphatic carbocycles. The van der Waals surface area contributed by atoms with E-state index in [0.29, 0.717) is 118 Å². The maximum absolute atomic E-state index is 13.0. The molecule has 0 unspecified atom stereocenters. The summed E-state index contributed by atoms with van der Waals surface area (Å²) < 4.78 is 0. The molecule has 6 aromatic heterocycles. The number of rotatable bonds is 14. The van der Waals surface area contributed by atoms with Gasteiger partial charge in [0.25, 0.3) is 11.8 Å². The third-order valence-corrected chi connectivity index (χ3v) is 13.0. The van der Waals surface area contributed by atoms with Crippen LogP contribution < -0.4 is 31.5 Å². The van der Waals surface area contributed by atoms with Crippen molar-refractivity contribution in [3.63, 3.8) is 0 Å². The number of carbonyl (C=O) groups is 4. The first-order chi connectivity index (χ1) is 35.7. The average Bonchev–Trinajstić information content (AvgIpc) is 4.05. The van der Waals surface area contributed by atoms with Crippen LogP contribution in [-0.2, 0) is 9.59 Å². The van der Waals surface area contributed by atoms with E-state index in [9.17, 15) is 19.2 Å². The summed E-state index contributed by atoms with van der Waals surface area (Å²) in [7, 11) is 0. The summed E-state index contributed by atoms with van der Waals surface area (Å²) in [6, 6.07) is 27.5. The number of aromatic amines is 2. The van der Waals surface area contributed by atoms with Crippen molar-refractivity contribution in [2.75, 3.05) is 85.9 Å². The first-order valence-electron chi connectivity index (χ1n) is 24.7. The van der Waals surface area contributed by atoms with Gasteiger partial charge in [0, 0.05) is 145 Å². The van der Waals surface area contributed by atoms with E-state index in [4.69, 9.17) is 5.73 Å². The molecule has 8 aromatic rings. The molecule has 2 aromatic carbocycles. The molecular formula is C55H60N14O4. The molecule has 2 aliphatic heterocycles. The maximum atomic E-state index is 13.0. The van der Waals surface area contributed by atoms with Crippen molar-refractivity contribution in [1.29, 1.82) is 0 Å². The van der Waals surface area contributed by atoms with Crippen molar-refractivity contribution in [3.8, 4) is 22.3 Å². The van der Waals surface area contributed by atoms with Gasteiger partial charge < -0.3 is 51.3 Å². The molecule has 73 heavy (non-hydrogen) atoms. The van der Waals surface area contributed by atoms with Gasteiger partial charge in [-0.25, -0.2) is 9.97 Å². The number of nitrogens with zero attached hydrogens (tertiary/aromatic N) is 8. The lowest BCUT2D eigenvalue weighted by atomic mass is 10.0. The maximum Gasteiger partial charge on any atom is 0.257 e. The summed E-state index contributed by atoms with van der Waals surface area (Å²) in [5.41, 5.74) is 15.2. The topological polar surface area (TPSA) is 226 Å². The highest BCUT2D eigenvalue weighted by Gasteiger charge is 2.29. The normalized spacial score (nSPS) is 13.8.